The maximum absolute atomic E-state index is 12.8. The zero-order chi connectivity index (χ0) is 22.5. The first-order chi connectivity index (χ1) is 15.6. The summed E-state index contributed by atoms with van der Waals surface area (Å²) in [6.07, 6.45) is 8.46. The second-order valence-electron chi connectivity index (χ2n) is 8.24. The number of benzene rings is 1. The molecule has 1 saturated heterocycles. The summed E-state index contributed by atoms with van der Waals surface area (Å²) < 4.78 is 13.4. The topological polar surface area (TPSA) is 84.2 Å². The van der Waals surface area contributed by atoms with Crippen molar-refractivity contribution >= 4 is 41.5 Å². The fourth-order valence-corrected chi connectivity index (χ4v) is 4.28. The molecule has 4 rings (SSSR count). The molecule has 180 valence electrons. The van der Waals surface area contributed by atoms with E-state index in [0.717, 1.165) is 35.6 Å². The van der Waals surface area contributed by atoms with Crippen LogP contribution < -0.4 is 19.7 Å². The molecule has 2 fully saturated rings. The van der Waals surface area contributed by atoms with Gasteiger partial charge in [0, 0.05) is 51.6 Å². The molecule has 0 radical (unpaired) electrons. The molecule has 1 aromatic heterocycles. The number of aromatic nitrogens is 2. The van der Waals surface area contributed by atoms with Gasteiger partial charge in [-0.2, -0.15) is 5.10 Å². The fraction of sp³-hybridized carbons (Fsp3) is 0.522. The molecule has 2 aliphatic rings. The van der Waals surface area contributed by atoms with Gasteiger partial charge in [0.1, 0.15) is 18.0 Å². The van der Waals surface area contributed by atoms with Crippen molar-refractivity contribution in [3.05, 3.63) is 36.2 Å². The van der Waals surface area contributed by atoms with Crippen molar-refractivity contribution in [3.63, 3.8) is 0 Å². The van der Waals surface area contributed by atoms with Gasteiger partial charge in [0.05, 0.1) is 25.1 Å². The predicted molar refractivity (Wildman–Crippen MR) is 139 cm³/mol. The third-order valence-electron chi connectivity index (χ3n) is 6.04. The van der Waals surface area contributed by atoms with Gasteiger partial charge in [-0.1, -0.05) is 0 Å². The number of halogens is 1. The lowest BCUT2D eigenvalue weighted by molar-refractivity contribution is -0.120. The van der Waals surface area contributed by atoms with E-state index < -0.39 is 0 Å². The lowest BCUT2D eigenvalue weighted by atomic mass is 10.1. The van der Waals surface area contributed by atoms with Gasteiger partial charge >= 0.3 is 0 Å². The van der Waals surface area contributed by atoms with E-state index in [4.69, 9.17) is 9.47 Å². The van der Waals surface area contributed by atoms with Gasteiger partial charge in [0.2, 0.25) is 5.91 Å². The summed E-state index contributed by atoms with van der Waals surface area (Å²) in [4.78, 5) is 20.9. The van der Waals surface area contributed by atoms with E-state index in [0.29, 0.717) is 25.6 Å². The summed E-state index contributed by atoms with van der Waals surface area (Å²) >= 11 is 0. The van der Waals surface area contributed by atoms with Crippen LogP contribution in [0.2, 0.25) is 0 Å². The minimum atomic E-state index is 0. The molecular weight excluding hydrogens is 535 g/mol. The van der Waals surface area contributed by atoms with Crippen LogP contribution in [0, 0.1) is 0 Å². The zero-order valence-corrected chi connectivity index (χ0v) is 21.8. The summed E-state index contributed by atoms with van der Waals surface area (Å²) in [6, 6.07) is 5.92. The summed E-state index contributed by atoms with van der Waals surface area (Å²) in [5.41, 5.74) is 1.87. The van der Waals surface area contributed by atoms with Gasteiger partial charge in [0.25, 0.3) is 0 Å². The van der Waals surface area contributed by atoms with Crippen molar-refractivity contribution in [2.24, 2.45) is 12.0 Å². The highest BCUT2D eigenvalue weighted by Gasteiger charge is 2.28. The van der Waals surface area contributed by atoms with Crippen molar-refractivity contribution in [2.75, 3.05) is 38.7 Å². The number of aryl methyl sites for hydroxylation is 1. The maximum Gasteiger partial charge on any atom is 0.246 e. The number of piperazine rings is 1. The number of carbonyl (C=O) groups excluding carboxylic acids is 1. The molecule has 0 unspecified atom stereocenters. The van der Waals surface area contributed by atoms with E-state index in [1.807, 2.05) is 36.3 Å². The molecule has 1 aliphatic heterocycles. The van der Waals surface area contributed by atoms with Crippen molar-refractivity contribution in [2.45, 2.75) is 38.3 Å². The smallest absolute Gasteiger partial charge is 0.246 e. The Morgan fingerprint density at radius 2 is 2.06 bits per heavy atom. The molecule has 1 N–H and O–H groups in total. The lowest BCUT2D eigenvalue weighted by Crippen LogP contribution is -2.55. The Labute approximate surface area is 212 Å². The average Bonchev–Trinajstić information content (AvgIpc) is 3.47. The number of hydrogen-bond acceptors (Lipinski definition) is 5. The monoisotopic (exact) mass is 568 g/mol. The Kier molecular flexibility index (Phi) is 8.81. The maximum atomic E-state index is 12.8. The number of hydrogen-bond donors (Lipinski definition) is 1. The number of anilines is 1. The Bertz CT molecular complexity index is 973. The fourth-order valence-electron chi connectivity index (χ4n) is 4.28. The van der Waals surface area contributed by atoms with E-state index >= 15 is 0 Å². The average molecular weight is 568 g/mol. The van der Waals surface area contributed by atoms with E-state index in [1.54, 1.807) is 29.9 Å². The van der Waals surface area contributed by atoms with Gasteiger partial charge in [-0.15, -0.1) is 24.0 Å². The molecule has 0 spiro atoms. The van der Waals surface area contributed by atoms with Gasteiger partial charge in [0.15, 0.2) is 5.96 Å². The number of amides is 1. The number of methoxy groups -OCH3 is 1. The third-order valence-corrected chi connectivity index (χ3v) is 6.04. The van der Waals surface area contributed by atoms with E-state index in [9.17, 15) is 4.79 Å². The Morgan fingerprint density at radius 3 is 2.70 bits per heavy atom. The number of aliphatic imine (C=N–C) groups is 1. The first kappa shape index (κ1) is 25.1. The molecule has 0 atom stereocenters. The highest BCUT2D eigenvalue weighted by atomic mass is 127. The molecule has 9 nitrogen and oxygen atoms in total. The summed E-state index contributed by atoms with van der Waals surface area (Å²) in [6.45, 7) is 2.09. The van der Waals surface area contributed by atoms with Crippen LogP contribution in [0.1, 0.15) is 31.2 Å². The van der Waals surface area contributed by atoms with Crippen LogP contribution in [-0.4, -0.2) is 66.4 Å². The third kappa shape index (κ3) is 6.10. The van der Waals surface area contributed by atoms with E-state index in [2.05, 4.69) is 15.4 Å². The van der Waals surface area contributed by atoms with Crippen LogP contribution in [0.4, 0.5) is 5.69 Å². The zero-order valence-electron chi connectivity index (χ0n) is 19.5. The van der Waals surface area contributed by atoms with Crippen molar-refractivity contribution in [1.82, 2.24) is 20.0 Å². The predicted octanol–water partition coefficient (Wildman–Crippen LogP) is 2.79. The molecule has 2 heterocycles. The van der Waals surface area contributed by atoms with Crippen LogP contribution >= 0.6 is 24.0 Å². The van der Waals surface area contributed by atoms with Gasteiger partial charge in [-0.3, -0.25) is 14.5 Å². The number of ether oxygens (including phenoxy) is 2. The van der Waals surface area contributed by atoms with Crippen LogP contribution in [0.5, 0.6) is 11.5 Å². The highest BCUT2D eigenvalue weighted by molar-refractivity contribution is 14.0. The molecule has 1 amide bonds. The first-order valence-electron chi connectivity index (χ1n) is 11.2. The number of nitrogens with one attached hydrogen (secondary N) is 1. The Morgan fingerprint density at radius 1 is 1.27 bits per heavy atom. The van der Waals surface area contributed by atoms with Crippen molar-refractivity contribution in [3.8, 4) is 11.5 Å². The van der Waals surface area contributed by atoms with E-state index in [-0.39, 0.29) is 42.5 Å². The van der Waals surface area contributed by atoms with Gasteiger partial charge in [-0.25, -0.2) is 0 Å². The molecular formula is C23H33IN6O3. The molecule has 1 aromatic carbocycles. The largest absolute Gasteiger partial charge is 0.497 e. The van der Waals surface area contributed by atoms with Crippen LogP contribution in [-0.2, 0) is 18.4 Å². The number of nitrogens with zero attached hydrogens (tertiary/aromatic N) is 5. The quantitative estimate of drug-likeness (QED) is 0.328. The second kappa shape index (κ2) is 11.6. The Balaban J connectivity index is 0.00000306. The van der Waals surface area contributed by atoms with Crippen molar-refractivity contribution in [1.29, 1.82) is 0 Å². The minimum absolute atomic E-state index is 0. The second-order valence-corrected chi connectivity index (χ2v) is 8.24. The standard InChI is InChI=1S/C23H32N6O3.HI/c1-24-23(28-10-11-29(22(30)16-28)18-14-26-27(2)15-18)25-13-17-8-9-20(31-3)12-21(17)32-19-6-4-5-7-19;/h8-9,12,14-15,19H,4-7,10-11,13,16H2,1-3H3,(H,24,25);1H. The molecule has 2 aromatic rings. The van der Waals surface area contributed by atoms with Crippen LogP contribution in [0.25, 0.3) is 0 Å². The molecule has 1 aliphatic carbocycles. The first-order valence-corrected chi connectivity index (χ1v) is 11.2. The Hall–Kier alpha value is -2.50. The van der Waals surface area contributed by atoms with E-state index in [1.165, 1.54) is 12.8 Å². The number of guanidine groups is 1. The molecule has 0 bridgehead atoms. The lowest BCUT2D eigenvalue weighted by Gasteiger charge is -2.35. The highest BCUT2D eigenvalue weighted by Crippen LogP contribution is 2.30. The SMILES string of the molecule is CN=C(NCc1ccc(OC)cc1OC1CCCC1)N1CCN(c2cnn(C)c2)C(=O)C1.I. The van der Waals surface area contributed by atoms with Gasteiger partial charge < -0.3 is 24.6 Å². The molecule has 1 saturated carbocycles. The summed E-state index contributed by atoms with van der Waals surface area (Å²) in [7, 11) is 5.25. The minimum Gasteiger partial charge on any atom is -0.497 e. The summed E-state index contributed by atoms with van der Waals surface area (Å²) in [5, 5.41) is 7.57. The number of rotatable bonds is 6. The van der Waals surface area contributed by atoms with Gasteiger partial charge in [-0.05, 0) is 37.8 Å². The molecule has 10 heteroatoms. The number of carbonyl (C=O) groups is 1. The van der Waals surface area contributed by atoms with Crippen LogP contribution in [0.15, 0.2) is 35.6 Å². The van der Waals surface area contributed by atoms with Crippen molar-refractivity contribution < 1.29 is 14.3 Å². The summed E-state index contributed by atoms with van der Waals surface area (Å²) in [5.74, 6) is 2.36. The normalized spacial score (nSPS) is 17.2. The molecule has 33 heavy (non-hydrogen) atoms. The van der Waals surface area contributed by atoms with Crippen LogP contribution in [0.3, 0.4) is 0 Å².